The lowest BCUT2D eigenvalue weighted by molar-refractivity contribution is -0.671. The smallest absolute Gasteiger partial charge is 0.243 e. The van der Waals surface area contributed by atoms with Gasteiger partial charge in [-0.25, -0.2) is 19.7 Å². The van der Waals surface area contributed by atoms with E-state index in [4.69, 9.17) is 10.5 Å². The minimum atomic E-state index is -0.861. The zero-order chi connectivity index (χ0) is 10.1. The van der Waals surface area contributed by atoms with E-state index in [1.807, 2.05) is 17.8 Å². The highest BCUT2D eigenvalue weighted by Crippen LogP contribution is 1.79. The van der Waals surface area contributed by atoms with E-state index in [2.05, 4.69) is 24.0 Å². The first-order chi connectivity index (χ1) is 6.24. The quantitative estimate of drug-likeness (QED) is 0.425. The van der Waals surface area contributed by atoms with Gasteiger partial charge in [0.05, 0.1) is 13.6 Å². The molecule has 0 saturated heterocycles. The third-order valence-electron chi connectivity index (χ3n) is 1.41. The van der Waals surface area contributed by atoms with Crippen LogP contribution >= 0.6 is 0 Å². The van der Waals surface area contributed by atoms with Crippen LogP contribution in [0.15, 0.2) is 18.7 Å². The van der Waals surface area contributed by atoms with Gasteiger partial charge in [0.15, 0.2) is 7.28 Å². The number of aromatic nitrogens is 2. The Labute approximate surface area is 78.9 Å². The van der Waals surface area contributed by atoms with Crippen LogP contribution in [0.2, 0.25) is 0 Å². The van der Waals surface area contributed by atoms with Crippen molar-refractivity contribution >= 4 is 7.28 Å². The van der Waals surface area contributed by atoms with Crippen LogP contribution in [-0.4, -0.2) is 11.8 Å². The SMILES string of the molecule is CCn1cc[n+](C)c1.N#C[BH2-]C#N. The van der Waals surface area contributed by atoms with Gasteiger partial charge < -0.3 is 0 Å². The van der Waals surface area contributed by atoms with Gasteiger partial charge in [-0.05, 0) is 6.92 Å². The highest BCUT2D eigenvalue weighted by molar-refractivity contribution is 6.53. The zero-order valence-corrected chi connectivity index (χ0v) is 8.23. The molecule has 1 rings (SSSR count). The molecule has 0 aliphatic rings. The van der Waals surface area contributed by atoms with E-state index in [0.717, 1.165) is 6.54 Å². The first kappa shape index (κ1) is 11.3. The third-order valence-corrected chi connectivity index (χ3v) is 1.41. The number of aryl methyl sites for hydroxylation is 2. The Morgan fingerprint density at radius 3 is 2.23 bits per heavy atom. The fourth-order valence-corrected chi connectivity index (χ4v) is 0.739. The minimum Gasteiger partial charge on any atom is -0.249 e. The third kappa shape index (κ3) is 5.52. The Balaban J connectivity index is 0.000000252. The van der Waals surface area contributed by atoms with Gasteiger partial charge in [-0.15, -0.1) is 11.9 Å². The van der Waals surface area contributed by atoms with E-state index in [-0.39, 0.29) is 0 Å². The normalized spacial score (nSPS) is 7.69. The highest BCUT2D eigenvalue weighted by atomic mass is 15.1. The fraction of sp³-hybridized carbons (Fsp3) is 0.375. The van der Waals surface area contributed by atoms with Crippen molar-refractivity contribution in [2.45, 2.75) is 13.5 Å². The molecule has 13 heavy (non-hydrogen) atoms. The first-order valence-electron chi connectivity index (χ1n) is 4.28. The summed E-state index contributed by atoms with van der Waals surface area (Å²) in [7, 11) is 1.16. The highest BCUT2D eigenvalue weighted by Gasteiger charge is 1.92. The van der Waals surface area contributed by atoms with Gasteiger partial charge in [-0.1, -0.05) is 0 Å². The molecule has 0 aliphatic heterocycles. The number of imidazole rings is 1. The van der Waals surface area contributed by atoms with Gasteiger partial charge in [-0.3, -0.25) is 0 Å². The number of nitriles is 2. The van der Waals surface area contributed by atoms with Gasteiger partial charge in [0, 0.05) is 0 Å². The molecular weight excluding hydrogens is 163 g/mol. The van der Waals surface area contributed by atoms with Crippen LogP contribution in [0.3, 0.4) is 0 Å². The topological polar surface area (TPSA) is 56.4 Å². The predicted octanol–water partition coefficient (Wildman–Crippen LogP) is -0.550. The van der Waals surface area contributed by atoms with E-state index in [1.165, 1.54) is 0 Å². The summed E-state index contributed by atoms with van der Waals surface area (Å²) in [4.78, 5) is 0. The maximum Gasteiger partial charge on any atom is 0.243 e. The standard InChI is InChI=1S/C6H11N2.C2H2BN2/c1-3-8-5-4-7(2)6-8;4-1-3-2-5/h4-6H,3H2,1-2H3;3H2/q+1;-1. The van der Waals surface area contributed by atoms with Crippen LogP contribution in [0.25, 0.3) is 0 Å². The molecule has 0 aliphatic carbocycles. The molecule has 1 aromatic heterocycles. The van der Waals surface area contributed by atoms with Crippen LogP contribution in [-0.2, 0) is 13.6 Å². The minimum absolute atomic E-state index is 0.861. The largest absolute Gasteiger partial charge is 0.249 e. The second-order valence-electron chi connectivity index (χ2n) is 2.61. The summed E-state index contributed by atoms with van der Waals surface area (Å²) in [6, 6.07) is 0. The first-order valence-corrected chi connectivity index (χ1v) is 4.28. The molecule has 0 saturated carbocycles. The average Bonchev–Trinajstić information content (AvgIpc) is 2.54. The van der Waals surface area contributed by atoms with E-state index in [0.29, 0.717) is 0 Å². The molecule has 0 radical (unpaired) electrons. The van der Waals surface area contributed by atoms with E-state index in [1.54, 1.807) is 11.9 Å². The molecule has 0 bridgehead atoms. The molecule has 1 aromatic rings. The second kappa shape index (κ2) is 6.93. The second-order valence-corrected chi connectivity index (χ2v) is 2.61. The molecule has 68 valence electrons. The summed E-state index contributed by atoms with van der Waals surface area (Å²) in [5, 5.41) is 15.3. The predicted molar refractivity (Wildman–Crippen MR) is 51.1 cm³/mol. The molecule has 0 atom stereocenters. The van der Waals surface area contributed by atoms with E-state index in [9.17, 15) is 0 Å². The van der Waals surface area contributed by atoms with Crippen molar-refractivity contribution in [1.82, 2.24) is 4.57 Å². The van der Waals surface area contributed by atoms with Crippen molar-refractivity contribution in [1.29, 1.82) is 10.5 Å². The lowest BCUT2D eigenvalue weighted by Gasteiger charge is -1.81. The van der Waals surface area contributed by atoms with E-state index >= 15 is 0 Å². The number of hydrogen-bond acceptors (Lipinski definition) is 2. The number of rotatable bonds is 1. The Hall–Kier alpha value is -1.75. The van der Waals surface area contributed by atoms with Crippen molar-refractivity contribution in [3.63, 3.8) is 0 Å². The number of hydrogen-bond donors (Lipinski definition) is 0. The molecule has 0 amide bonds. The molecule has 4 nitrogen and oxygen atoms in total. The van der Waals surface area contributed by atoms with Gasteiger partial charge >= 0.3 is 0 Å². The Kier molecular flexibility index (Phi) is 6.00. The summed E-state index contributed by atoms with van der Waals surface area (Å²) in [5.41, 5.74) is 0. The maximum atomic E-state index is 7.65. The molecule has 5 heteroatoms. The van der Waals surface area contributed by atoms with Crippen molar-refractivity contribution in [2.24, 2.45) is 7.05 Å². The maximum absolute atomic E-state index is 7.65. The van der Waals surface area contributed by atoms with Crippen LogP contribution in [0.4, 0.5) is 0 Å². The molecule has 0 aromatic carbocycles. The van der Waals surface area contributed by atoms with Crippen molar-refractivity contribution in [3.05, 3.63) is 18.7 Å². The summed E-state index contributed by atoms with van der Waals surface area (Å²) >= 11 is 0. The van der Waals surface area contributed by atoms with Gasteiger partial charge in [0.1, 0.15) is 12.4 Å². The van der Waals surface area contributed by atoms with Crippen LogP contribution < -0.4 is 4.57 Å². The van der Waals surface area contributed by atoms with Gasteiger partial charge in [-0.2, -0.15) is 0 Å². The monoisotopic (exact) mass is 176 g/mol. The fourth-order valence-electron chi connectivity index (χ4n) is 0.739. The van der Waals surface area contributed by atoms with Crippen LogP contribution in [0.1, 0.15) is 6.92 Å². The molecule has 0 spiro atoms. The Bertz CT molecular complexity index is 306. The molecule has 0 unspecified atom stereocenters. The number of nitrogens with zero attached hydrogens (tertiary/aromatic N) is 4. The van der Waals surface area contributed by atoms with Crippen molar-refractivity contribution < 1.29 is 4.57 Å². The molecule has 0 N–H and O–H groups in total. The average molecular weight is 176 g/mol. The summed E-state index contributed by atoms with van der Waals surface area (Å²) in [6.07, 6.45) is 6.14. The Morgan fingerprint density at radius 1 is 1.46 bits per heavy atom. The van der Waals surface area contributed by atoms with E-state index < -0.39 is 7.28 Å². The molecule has 0 fully saturated rings. The molecule has 1 heterocycles. The lowest BCUT2D eigenvalue weighted by atomic mass is 9.85. The van der Waals surface area contributed by atoms with Crippen molar-refractivity contribution in [3.8, 4) is 11.9 Å². The van der Waals surface area contributed by atoms with Crippen molar-refractivity contribution in [2.75, 3.05) is 0 Å². The lowest BCUT2D eigenvalue weighted by Crippen LogP contribution is -2.23. The van der Waals surface area contributed by atoms with Gasteiger partial charge in [0.2, 0.25) is 6.33 Å². The summed E-state index contributed by atoms with van der Waals surface area (Å²) < 4.78 is 4.16. The summed E-state index contributed by atoms with van der Waals surface area (Å²) in [5.74, 6) is 3.56. The van der Waals surface area contributed by atoms with Crippen LogP contribution in [0.5, 0.6) is 0 Å². The summed E-state index contributed by atoms with van der Waals surface area (Å²) in [6.45, 7) is 3.18. The van der Waals surface area contributed by atoms with Gasteiger partial charge in [0.25, 0.3) is 0 Å². The zero-order valence-electron chi connectivity index (χ0n) is 8.23. The Morgan fingerprint density at radius 2 is 2.08 bits per heavy atom. The van der Waals surface area contributed by atoms with Crippen LogP contribution in [0, 0.1) is 22.5 Å². The molecular formula is C8H13BN4.